The summed E-state index contributed by atoms with van der Waals surface area (Å²) in [4.78, 5) is 12.2. The van der Waals surface area contributed by atoms with Crippen LogP contribution in [0.1, 0.15) is 25.5 Å². The molecule has 1 atom stereocenters. The first-order chi connectivity index (χ1) is 9.61. The lowest BCUT2D eigenvalue weighted by Gasteiger charge is -2.39. The van der Waals surface area contributed by atoms with Crippen LogP contribution in [0.5, 0.6) is 0 Å². The van der Waals surface area contributed by atoms with Crippen molar-refractivity contribution >= 4 is 17.3 Å². The molecule has 1 fully saturated rings. The molecule has 3 N–H and O–H groups in total. The first kappa shape index (κ1) is 13.5. The molecule has 1 aliphatic heterocycles. The maximum Gasteiger partial charge on any atom is 0.245 e. The van der Waals surface area contributed by atoms with Gasteiger partial charge < -0.3 is 10.6 Å². The molecule has 20 heavy (non-hydrogen) atoms. The molecule has 0 saturated carbocycles. The fourth-order valence-electron chi connectivity index (χ4n) is 2.68. The molecule has 0 amide bonds. The molecule has 0 aromatic carbocycles. The number of H-pyrrole nitrogens is 1. The van der Waals surface area contributed by atoms with E-state index in [0.29, 0.717) is 6.54 Å². The number of rotatable bonds is 3. The van der Waals surface area contributed by atoms with E-state index in [0.717, 1.165) is 41.9 Å². The SMILES string of the molecule is Cc1ncsc1-c1nc(N2CCCC(C)(CN)C2)n[nH]1. The first-order valence-electron chi connectivity index (χ1n) is 6.89. The molecule has 2 aromatic heterocycles. The first-order valence-corrected chi connectivity index (χ1v) is 7.77. The van der Waals surface area contributed by atoms with E-state index in [2.05, 4.69) is 32.0 Å². The summed E-state index contributed by atoms with van der Waals surface area (Å²) in [6, 6.07) is 0. The number of hydrogen-bond acceptors (Lipinski definition) is 6. The number of thiazole rings is 1. The van der Waals surface area contributed by atoms with Gasteiger partial charge in [0.2, 0.25) is 5.95 Å². The maximum atomic E-state index is 5.90. The summed E-state index contributed by atoms with van der Waals surface area (Å²) in [6.45, 7) is 6.84. The number of aromatic amines is 1. The summed E-state index contributed by atoms with van der Waals surface area (Å²) in [5.41, 5.74) is 8.89. The minimum absolute atomic E-state index is 0.166. The zero-order chi connectivity index (χ0) is 14.2. The van der Waals surface area contributed by atoms with Crippen molar-refractivity contribution in [3.63, 3.8) is 0 Å². The Balaban J connectivity index is 1.82. The third kappa shape index (κ3) is 2.43. The Morgan fingerprint density at radius 1 is 1.55 bits per heavy atom. The summed E-state index contributed by atoms with van der Waals surface area (Å²) in [5, 5.41) is 7.39. The fraction of sp³-hybridized carbons (Fsp3) is 0.615. The minimum atomic E-state index is 0.166. The van der Waals surface area contributed by atoms with Crippen LogP contribution in [0.3, 0.4) is 0 Å². The lowest BCUT2D eigenvalue weighted by molar-refractivity contribution is 0.270. The van der Waals surface area contributed by atoms with Crippen LogP contribution in [0, 0.1) is 12.3 Å². The molecule has 2 aromatic rings. The van der Waals surface area contributed by atoms with E-state index in [4.69, 9.17) is 5.73 Å². The van der Waals surface area contributed by atoms with Gasteiger partial charge in [0.15, 0.2) is 5.82 Å². The van der Waals surface area contributed by atoms with Crippen LogP contribution in [0.2, 0.25) is 0 Å². The van der Waals surface area contributed by atoms with Crippen molar-refractivity contribution in [3.8, 4) is 10.7 Å². The van der Waals surface area contributed by atoms with E-state index < -0.39 is 0 Å². The topological polar surface area (TPSA) is 83.7 Å². The highest BCUT2D eigenvalue weighted by molar-refractivity contribution is 7.13. The van der Waals surface area contributed by atoms with Crippen molar-refractivity contribution in [1.29, 1.82) is 0 Å². The van der Waals surface area contributed by atoms with Crippen LogP contribution in [-0.4, -0.2) is 39.8 Å². The van der Waals surface area contributed by atoms with Crippen molar-refractivity contribution in [2.75, 3.05) is 24.5 Å². The Bertz CT molecular complexity index is 591. The molecule has 1 unspecified atom stereocenters. The van der Waals surface area contributed by atoms with Gasteiger partial charge in [0.25, 0.3) is 0 Å². The van der Waals surface area contributed by atoms with Gasteiger partial charge in [-0.2, -0.15) is 4.98 Å². The molecule has 3 rings (SSSR count). The average Bonchev–Trinajstić information content (AvgIpc) is 3.07. The van der Waals surface area contributed by atoms with Gasteiger partial charge in [0.1, 0.15) is 0 Å². The van der Waals surface area contributed by atoms with Crippen LogP contribution in [0.4, 0.5) is 5.95 Å². The van der Waals surface area contributed by atoms with E-state index in [1.165, 1.54) is 6.42 Å². The summed E-state index contributed by atoms with van der Waals surface area (Å²) < 4.78 is 0. The Kier molecular flexibility index (Phi) is 3.47. The van der Waals surface area contributed by atoms with E-state index >= 15 is 0 Å². The van der Waals surface area contributed by atoms with Crippen LogP contribution < -0.4 is 10.6 Å². The lowest BCUT2D eigenvalue weighted by Crippen LogP contribution is -2.46. The van der Waals surface area contributed by atoms with Gasteiger partial charge in [-0.25, -0.2) is 4.98 Å². The molecular formula is C13H20N6S. The van der Waals surface area contributed by atoms with Crippen LogP contribution in [0.25, 0.3) is 10.7 Å². The standard InChI is InChI=1S/C13H20N6S/c1-9-10(20-8-15-9)11-16-12(18-17-11)19-5-3-4-13(2,6-14)7-19/h8H,3-7,14H2,1-2H3,(H,16,17,18). The molecule has 0 spiro atoms. The van der Waals surface area contributed by atoms with Gasteiger partial charge in [-0.15, -0.1) is 16.4 Å². The number of anilines is 1. The zero-order valence-electron chi connectivity index (χ0n) is 11.9. The minimum Gasteiger partial charge on any atom is -0.339 e. The number of hydrogen-bond donors (Lipinski definition) is 2. The van der Waals surface area contributed by atoms with Crippen molar-refractivity contribution < 1.29 is 0 Å². The van der Waals surface area contributed by atoms with Crippen molar-refractivity contribution in [1.82, 2.24) is 20.2 Å². The number of nitrogens with two attached hydrogens (primary N) is 1. The lowest BCUT2D eigenvalue weighted by atomic mass is 9.82. The zero-order valence-corrected chi connectivity index (χ0v) is 12.7. The average molecular weight is 292 g/mol. The number of piperidine rings is 1. The van der Waals surface area contributed by atoms with Gasteiger partial charge in [0, 0.05) is 13.1 Å². The highest BCUT2D eigenvalue weighted by atomic mass is 32.1. The molecule has 7 heteroatoms. The number of aromatic nitrogens is 4. The Labute approximate surface area is 122 Å². The maximum absolute atomic E-state index is 5.90. The molecule has 0 radical (unpaired) electrons. The number of nitrogens with zero attached hydrogens (tertiary/aromatic N) is 4. The fourth-order valence-corrected chi connectivity index (χ4v) is 3.42. The molecule has 0 bridgehead atoms. The summed E-state index contributed by atoms with van der Waals surface area (Å²) in [7, 11) is 0. The van der Waals surface area contributed by atoms with Crippen molar-refractivity contribution in [2.45, 2.75) is 26.7 Å². The largest absolute Gasteiger partial charge is 0.339 e. The van der Waals surface area contributed by atoms with Gasteiger partial charge in [-0.3, -0.25) is 5.10 Å². The molecule has 3 heterocycles. The molecule has 1 aliphatic rings. The Morgan fingerprint density at radius 2 is 2.40 bits per heavy atom. The molecule has 1 saturated heterocycles. The highest BCUT2D eigenvalue weighted by Crippen LogP contribution is 2.31. The van der Waals surface area contributed by atoms with E-state index in [1.54, 1.807) is 11.3 Å². The van der Waals surface area contributed by atoms with Gasteiger partial charge >= 0.3 is 0 Å². The predicted molar refractivity (Wildman–Crippen MR) is 80.8 cm³/mol. The van der Waals surface area contributed by atoms with E-state index in [9.17, 15) is 0 Å². The Hall–Kier alpha value is -1.47. The van der Waals surface area contributed by atoms with Crippen LogP contribution >= 0.6 is 11.3 Å². The molecule has 108 valence electrons. The quantitative estimate of drug-likeness (QED) is 0.901. The van der Waals surface area contributed by atoms with Gasteiger partial charge in [-0.05, 0) is 31.7 Å². The molecule has 0 aliphatic carbocycles. The normalized spacial score (nSPS) is 23.2. The third-order valence-corrected chi connectivity index (χ3v) is 4.93. The van der Waals surface area contributed by atoms with E-state index in [-0.39, 0.29) is 5.41 Å². The van der Waals surface area contributed by atoms with Crippen molar-refractivity contribution in [3.05, 3.63) is 11.2 Å². The number of aryl methyl sites for hydroxylation is 1. The third-order valence-electron chi connectivity index (χ3n) is 3.99. The molecule has 6 nitrogen and oxygen atoms in total. The summed E-state index contributed by atoms with van der Waals surface area (Å²) >= 11 is 1.58. The second-order valence-corrected chi connectivity index (χ2v) is 6.65. The van der Waals surface area contributed by atoms with E-state index in [1.807, 2.05) is 12.4 Å². The van der Waals surface area contributed by atoms with Crippen LogP contribution in [-0.2, 0) is 0 Å². The monoisotopic (exact) mass is 292 g/mol. The highest BCUT2D eigenvalue weighted by Gasteiger charge is 2.31. The predicted octanol–water partition coefficient (Wildman–Crippen LogP) is 1.80. The summed E-state index contributed by atoms with van der Waals surface area (Å²) in [6.07, 6.45) is 2.31. The van der Waals surface area contributed by atoms with Gasteiger partial charge in [-0.1, -0.05) is 6.92 Å². The van der Waals surface area contributed by atoms with Gasteiger partial charge in [0.05, 0.1) is 16.1 Å². The van der Waals surface area contributed by atoms with Crippen LogP contribution in [0.15, 0.2) is 5.51 Å². The number of nitrogens with one attached hydrogen (secondary N) is 1. The second kappa shape index (κ2) is 5.14. The second-order valence-electron chi connectivity index (χ2n) is 5.79. The smallest absolute Gasteiger partial charge is 0.245 e. The molecular weight excluding hydrogens is 272 g/mol. The van der Waals surface area contributed by atoms with Crippen molar-refractivity contribution in [2.24, 2.45) is 11.1 Å². The summed E-state index contributed by atoms with van der Waals surface area (Å²) in [5.74, 6) is 1.58. The Morgan fingerprint density at radius 3 is 3.10 bits per heavy atom.